The molecule has 0 radical (unpaired) electrons. The highest BCUT2D eigenvalue weighted by Gasteiger charge is 2.57. The number of aliphatic hydroxyl groups is 1. The first-order valence-corrected chi connectivity index (χ1v) is 20.3. The van der Waals surface area contributed by atoms with E-state index in [1.54, 1.807) is 47.7 Å². The maximum absolute atomic E-state index is 14.4. The normalized spacial score (nSPS) is 37.1. The molecule has 56 heavy (non-hydrogen) atoms. The second-order valence-corrected chi connectivity index (χ2v) is 17.2. The minimum Gasteiger partial charge on any atom is -0.458 e. The molecule has 0 aliphatic carbocycles. The lowest BCUT2D eigenvalue weighted by molar-refractivity contribution is -0.296. The van der Waals surface area contributed by atoms with Crippen molar-refractivity contribution >= 4 is 35.0 Å². The Morgan fingerprint density at radius 1 is 1.04 bits per heavy atom. The van der Waals surface area contributed by atoms with Crippen LogP contribution in [0.25, 0.3) is 10.6 Å². The molecular formula is C42H57N3O10S. The number of ether oxygens (including phenoxy) is 5. The Hall–Kier alpha value is -3.71. The van der Waals surface area contributed by atoms with Gasteiger partial charge in [0.15, 0.2) is 17.7 Å². The molecular weight excluding hydrogens is 739 g/mol. The minimum absolute atomic E-state index is 0.0622. The smallest absolute Gasteiger partial charge is 0.408 e. The van der Waals surface area contributed by atoms with E-state index in [1.165, 1.54) is 18.3 Å². The van der Waals surface area contributed by atoms with Crippen molar-refractivity contribution in [3.8, 4) is 22.4 Å². The number of hydrogen-bond donors (Lipinski definition) is 2. The number of pyridine rings is 1. The van der Waals surface area contributed by atoms with Crippen molar-refractivity contribution in [2.24, 2.45) is 23.7 Å². The quantitative estimate of drug-likeness (QED) is 0.219. The molecule has 5 heterocycles. The molecule has 0 bridgehead atoms. The highest BCUT2D eigenvalue weighted by Crippen LogP contribution is 2.40. The van der Waals surface area contributed by atoms with Crippen LogP contribution in [-0.4, -0.2) is 113 Å². The first-order chi connectivity index (χ1) is 26.4. The molecule has 13 atom stereocenters. The third-order valence-corrected chi connectivity index (χ3v) is 12.7. The number of rotatable bonds is 7. The molecule has 0 saturated carbocycles. The fraction of sp³-hybridized carbons (Fsp3) is 0.643. The predicted octanol–water partition coefficient (Wildman–Crippen LogP) is 5.02. The van der Waals surface area contributed by atoms with E-state index in [-0.39, 0.29) is 37.4 Å². The van der Waals surface area contributed by atoms with Gasteiger partial charge in [-0.05, 0) is 85.3 Å². The number of likely N-dealkylation sites (N-methyl/N-ethyl adjacent to an activating group) is 1. The Morgan fingerprint density at radius 2 is 1.77 bits per heavy atom. The number of hydrogen-bond acceptors (Lipinski definition) is 13. The van der Waals surface area contributed by atoms with Crippen molar-refractivity contribution in [1.82, 2.24) is 15.2 Å². The van der Waals surface area contributed by atoms with Gasteiger partial charge >= 0.3 is 12.1 Å². The topological polar surface area (TPSA) is 163 Å². The Morgan fingerprint density at radius 3 is 2.43 bits per heavy atom. The second-order valence-electron chi connectivity index (χ2n) is 16.1. The number of ketones is 2. The molecule has 2 aromatic rings. The SMILES string of the molecule is CC[C@H]1OC(=O)[C@H](C)C(=O)[C@H](C)[C@@H](O[C@@H]2O[C@H](C)C[C@H](N(C)C)[C@H]2O)C(C)(OCC#Cc2ccc(-c3ccccn3)s2)C[C@@H](C)C(=O)[C@H](C)[C@H]2NC(=O)O[C@@]21C. The van der Waals surface area contributed by atoms with Gasteiger partial charge in [0.2, 0.25) is 0 Å². The number of carbonyl (C=O) groups is 4. The Labute approximate surface area is 334 Å². The van der Waals surface area contributed by atoms with Gasteiger partial charge in [-0.15, -0.1) is 11.3 Å². The van der Waals surface area contributed by atoms with E-state index in [2.05, 4.69) is 22.1 Å². The number of thiophene rings is 1. The molecule has 14 heteroatoms. The zero-order valence-electron chi connectivity index (χ0n) is 34.1. The van der Waals surface area contributed by atoms with Crippen LogP contribution in [0.2, 0.25) is 0 Å². The van der Waals surface area contributed by atoms with Crippen LogP contribution in [0.4, 0.5) is 4.79 Å². The van der Waals surface area contributed by atoms with Crippen LogP contribution in [0.3, 0.4) is 0 Å². The van der Waals surface area contributed by atoms with E-state index < -0.39 is 83.4 Å². The molecule has 13 nitrogen and oxygen atoms in total. The number of Topliss-reactive ketones (excluding diaryl/α,β-unsaturated/α-hetero) is 2. The van der Waals surface area contributed by atoms with Crippen LogP contribution in [-0.2, 0) is 38.1 Å². The lowest BCUT2D eigenvalue weighted by Crippen LogP contribution is -2.60. The van der Waals surface area contributed by atoms with Crippen molar-refractivity contribution in [1.29, 1.82) is 0 Å². The zero-order valence-corrected chi connectivity index (χ0v) is 34.9. The van der Waals surface area contributed by atoms with E-state index in [0.717, 1.165) is 15.4 Å². The van der Waals surface area contributed by atoms with E-state index in [9.17, 15) is 24.3 Å². The maximum atomic E-state index is 14.4. The molecule has 3 aliphatic rings. The second kappa shape index (κ2) is 17.8. The van der Waals surface area contributed by atoms with Crippen LogP contribution in [0, 0.1) is 35.5 Å². The summed E-state index contributed by atoms with van der Waals surface area (Å²) in [5.74, 6) is 1.04. The summed E-state index contributed by atoms with van der Waals surface area (Å²) >= 11 is 1.49. The summed E-state index contributed by atoms with van der Waals surface area (Å²) in [5.41, 5.74) is -1.95. The molecule has 306 valence electrons. The summed E-state index contributed by atoms with van der Waals surface area (Å²) in [6.07, 6.45) is -2.75. The predicted molar refractivity (Wildman–Crippen MR) is 209 cm³/mol. The number of cyclic esters (lactones) is 1. The van der Waals surface area contributed by atoms with Crippen LogP contribution in [0.15, 0.2) is 36.5 Å². The number of alkyl carbamates (subject to hydrolysis) is 1. The summed E-state index contributed by atoms with van der Waals surface area (Å²) in [6.45, 7) is 13.6. The molecule has 0 aromatic carbocycles. The van der Waals surface area contributed by atoms with Crippen molar-refractivity contribution in [2.75, 3.05) is 20.7 Å². The maximum Gasteiger partial charge on any atom is 0.408 e. The number of amides is 1. The summed E-state index contributed by atoms with van der Waals surface area (Å²) in [7, 11) is 3.73. The van der Waals surface area contributed by atoms with Crippen LogP contribution < -0.4 is 5.32 Å². The number of nitrogens with one attached hydrogen (secondary N) is 1. The number of aromatic nitrogens is 1. The van der Waals surface area contributed by atoms with E-state index in [1.807, 2.05) is 56.3 Å². The van der Waals surface area contributed by atoms with Gasteiger partial charge in [-0.25, -0.2) is 4.79 Å². The summed E-state index contributed by atoms with van der Waals surface area (Å²) in [6, 6.07) is 8.42. The molecule has 3 saturated heterocycles. The summed E-state index contributed by atoms with van der Waals surface area (Å²) in [4.78, 5) is 63.5. The van der Waals surface area contributed by atoms with Gasteiger partial charge in [-0.1, -0.05) is 45.6 Å². The Balaban J connectivity index is 1.55. The van der Waals surface area contributed by atoms with Crippen LogP contribution in [0.5, 0.6) is 0 Å². The average Bonchev–Trinajstić information content (AvgIpc) is 3.77. The highest BCUT2D eigenvalue weighted by molar-refractivity contribution is 7.16. The van der Waals surface area contributed by atoms with Gasteiger partial charge in [0.05, 0.1) is 39.3 Å². The lowest BCUT2D eigenvalue weighted by atomic mass is 9.73. The third kappa shape index (κ3) is 9.19. The largest absolute Gasteiger partial charge is 0.458 e. The molecule has 3 fully saturated rings. The van der Waals surface area contributed by atoms with Gasteiger partial charge in [-0.2, -0.15) is 0 Å². The first-order valence-electron chi connectivity index (χ1n) is 19.5. The molecule has 5 rings (SSSR count). The first kappa shape index (κ1) is 43.4. The molecule has 0 spiro atoms. The Kier molecular flexibility index (Phi) is 13.8. The van der Waals surface area contributed by atoms with Gasteiger partial charge in [-0.3, -0.25) is 19.4 Å². The van der Waals surface area contributed by atoms with Gasteiger partial charge in [0, 0.05) is 30.0 Å². The number of aliphatic hydroxyl groups excluding tert-OH is 1. The third-order valence-electron chi connectivity index (χ3n) is 11.7. The molecule has 2 N–H and O–H groups in total. The van der Waals surface area contributed by atoms with E-state index >= 15 is 0 Å². The molecule has 1 unspecified atom stereocenters. The Bertz CT molecular complexity index is 1790. The number of esters is 1. The van der Waals surface area contributed by atoms with Crippen LogP contribution in [0.1, 0.15) is 79.5 Å². The van der Waals surface area contributed by atoms with Gasteiger partial charge in [0.25, 0.3) is 0 Å². The van der Waals surface area contributed by atoms with Crippen molar-refractivity contribution in [3.05, 3.63) is 41.4 Å². The summed E-state index contributed by atoms with van der Waals surface area (Å²) in [5, 5.41) is 14.4. The van der Waals surface area contributed by atoms with Gasteiger partial charge in [0.1, 0.15) is 30.5 Å². The van der Waals surface area contributed by atoms with Crippen LogP contribution >= 0.6 is 11.3 Å². The fourth-order valence-corrected chi connectivity index (χ4v) is 9.36. The number of nitrogens with zero attached hydrogens (tertiary/aromatic N) is 2. The average molecular weight is 796 g/mol. The lowest BCUT2D eigenvalue weighted by Gasteiger charge is -2.47. The number of carbonyl (C=O) groups excluding carboxylic acids is 4. The van der Waals surface area contributed by atoms with Crippen molar-refractivity contribution < 1.29 is 48.0 Å². The van der Waals surface area contributed by atoms with Crippen molar-refractivity contribution in [3.63, 3.8) is 0 Å². The van der Waals surface area contributed by atoms with Gasteiger partial charge < -0.3 is 39.0 Å². The fourth-order valence-electron chi connectivity index (χ4n) is 8.50. The minimum atomic E-state index is -1.40. The standard InChI is InChI=1S/C42H57N3O10S/c1-11-32-42(8)36(44-40(50)55-42)25(4)33(46)23(2)22-41(7,51-20-14-15-28-17-18-31(56-28)29-16-12-13-19-43-29)37(26(5)34(47)27(6)38(49)53-32)54-39-35(48)30(45(9)10)21-24(3)52-39/h12-13,16-19,23-27,30,32,35-37,39,48H,11,20-22H2,1-10H3,(H,44,50)/t23-,24-,25+,26+,27-,30+,32-,35-,36-,37-,39+,41?,42-/m1/s1. The molecule has 2 aromatic heterocycles. The zero-order chi connectivity index (χ0) is 41.1. The monoisotopic (exact) mass is 795 g/mol. The highest BCUT2D eigenvalue weighted by atomic mass is 32.1. The summed E-state index contributed by atoms with van der Waals surface area (Å²) < 4.78 is 31.3. The van der Waals surface area contributed by atoms with E-state index in [0.29, 0.717) is 6.42 Å². The number of fused-ring (bicyclic) bond motifs is 1. The molecule has 1 amide bonds. The van der Waals surface area contributed by atoms with Crippen molar-refractivity contribution in [2.45, 2.75) is 129 Å². The molecule has 3 aliphatic heterocycles. The van der Waals surface area contributed by atoms with E-state index in [4.69, 9.17) is 23.7 Å².